The van der Waals surface area contributed by atoms with E-state index in [1.165, 1.54) is 22.3 Å². The van der Waals surface area contributed by atoms with Gasteiger partial charge in [-0.2, -0.15) is 0 Å². The quantitative estimate of drug-likeness (QED) is 0.715. The van der Waals surface area contributed by atoms with Crippen LogP contribution in [0, 0.1) is 0 Å². The van der Waals surface area contributed by atoms with Gasteiger partial charge in [-0.05, 0) is 47.2 Å². The highest BCUT2D eigenvalue weighted by Gasteiger charge is 1.99. The van der Waals surface area contributed by atoms with Crippen LogP contribution in [0.5, 0.6) is 0 Å². The van der Waals surface area contributed by atoms with Crippen LogP contribution in [-0.2, 0) is 12.8 Å². The molecule has 0 aliphatic rings. The van der Waals surface area contributed by atoms with Gasteiger partial charge in [-0.15, -0.1) is 0 Å². The van der Waals surface area contributed by atoms with Crippen molar-refractivity contribution in [3.8, 4) is 0 Å². The molecule has 0 fully saturated rings. The Kier molecular flexibility index (Phi) is 3.83. The predicted octanol–water partition coefficient (Wildman–Crippen LogP) is 3.66. The van der Waals surface area contributed by atoms with E-state index in [1.807, 2.05) is 24.5 Å². The number of nitrogens with zero attached hydrogens (tertiary/aromatic N) is 2. The average molecular weight is 260 g/mol. The molecule has 0 aliphatic heterocycles. The van der Waals surface area contributed by atoms with Gasteiger partial charge in [-0.25, -0.2) is 0 Å². The molecule has 3 aromatic rings. The molecule has 2 aromatic heterocycles. The van der Waals surface area contributed by atoms with Crippen molar-refractivity contribution in [1.82, 2.24) is 9.97 Å². The van der Waals surface area contributed by atoms with Gasteiger partial charge in [0.1, 0.15) is 0 Å². The van der Waals surface area contributed by atoms with E-state index in [4.69, 9.17) is 0 Å². The minimum Gasteiger partial charge on any atom is -0.264 e. The zero-order chi connectivity index (χ0) is 13.6. The smallest absolute Gasteiger partial charge is 0.0303 e. The van der Waals surface area contributed by atoms with Crippen LogP contribution in [0.1, 0.15) is 22.3 Å². The summed E-state index contributed by atoms with van der Waals surface area (Å²) >= 11 is 0. The van der Waals surface area contributed by atoms with E-state index in [0.717, 1.165) is 12.8 Å². The lowest BCUT2D eigenvalue weighted by Crippen LogP contribution is -1.92. The van der Waals surface area contributed by atoms with Crippen LogP contribution in [0.4, 0.5) is 0 Å². The fourth-order valence-electron chi connectivity index (χ4n) is 2.25. The number of hydrogen-bond acceptors (Lipinski definition) is 2. The zero-order valence-electron chi connectivity index (χ0n) is 11.2. The molecule has 0 amide bonds. The first-order chi connectivity index (χ1) is 9.90. The monoisotopic (exact) mass is 260 g/mol. The number of aromatic nitrogens is 2. The van der Waals surface area contributed by atoms with Crippen molar-refractivity contribution < 1.29 is 0 Å². The average Bonchev–Trinajstić information content (AvgIpc) is 2.51. The second-order valence-electron chi connectivity index (χ2n) is 4.89. The van der Waals surface area contributed by atoms with E-state index in [1.54, 1.807) is 12.4 Å². The third kappa shape index (κ3) is 3.29. The van der Waals surface area contributed by atoms with E-state index in [2.05, 4.69) is 46.4 Å². The summed E-state index contributed by atoms with van der Waals surface area (Å²) in [6, 6.07) is 16.9. The molecule has 2 heterocycles. The molecule has 2 heteroatoms. The summed E-state index contributed by atoms with van der Waals surface area (Å²) in [5.41, 5.74) is 5.11. The van der Waals surface area contributed by atoms with Crippen LogP contribution < -0.4 is 0 Å². The van der Waals surface area contributed by atoms with Crippen molar-refractivity contribution in [1.29, 1.82) is 0 Å². The molecule has 2 nitrogen and oxygen atoms in total. The van der Waals surface area contributed by atoms with E-state index >= 15 is 0 Å². The summed E-state index contributed by atoms with van der Waals surface area (Å²) in [6.07, 6.45) is 9.32. The lowest BCUT2D eigenvalue weighted by atomic mass is 10.0. The highest BCUT2D eigenvalue weighted by molar-refractivity contribution is 5.30. The van der Waals surface area contributed by atoms with Crippen LogP contribution in [0.25, 0.3) is 0 Å². The molecule has 0 aliphatic carbocycles. The van der Waals surface area contributed by atoms with E-state index in [0.29, 0.717) is 0 Å². The SMILES string of the molecule is c1cncc(Cc2ccc(Cc3cccnc3)cc2)c1. The van der Waals surface area contributed by atoms with Crippen molar-refractivity contribution in [3.63, 3.8) is 0 Å². The van der Waals surface area contributed by atoms with Gasteiger partial charge in [0.25, 0.3) is 0 Å². The maximum atomic E-state index is 4.15. The number of rotatable bonds is 4. The summed E-state index contributed by atoms with van der Waals surface area (Å²) < 4.78 is 0. The normalized spacial score (nSPS) is 10.4. The Labute approximate surface area is 119 Å². The van der Waals surface area contributed by atoms with E-state index in [9.17, 15) is 0 Å². The summed E-state index contributed by atoms with van der Waals surface area (Å²) in [5, 5.41) is 0. The third-order valence-corrected chi connectivity index (χ3v) is 3.29. The molecular weight excluding hydrogens is 244 g/mol. The first kappa shape index (κ1) is 12.5. The molecule has 3 rings (SSSR count). The van der Waals surface area contributed by atoms with Gasteiger partial charge < -0.3 is 0 Å². The lowest BCUT2D eigenvalue weighted by Gasteiger charge is -2.04. The molecule has 1 aromatic carbocycles. The predicted molar refractivity (Wildman–Crippen MR) is 80.5 cm³/mol. The third-order valence-electron chi connectivity index (χ3n) is 3.29. The van der Waals surface area contributed by atoms with Gasteiger partial charge in [-0.3, -0.25) is 9.97 Å². The first-order valence-corrected chi connectivity index (χ1v) is 6.76. The Morgan fingerprint density at radius 2 is 1.00 bits per heavy atom. The first-order valence-electron chi connectivity index (χ1n) is 6.76. The highest BCUT2D eigenvalue weighted by Crippen LogP contribution is 2.12. The Morgan fingerprint density at radius 1 is 0.550 bits per heavy atom. The lowest BCUT2D eigenvalue weighted by molar-refractivity contribution is 1.12. The van der Waals surface area contributed by atoms with E-state index in [-0.39, 0.29) is 0 Å². The topological polar surface area (TPSA) is 25.8 Å². The fraction of sp³-hybridized carbons (Fsp3) is 0.111. The van der Waals surface area contributed by atoms with Gasteiger partial charge in [0, 0.05) is 24.8 Å². The number of benzene rings is 1. The van der Waals surface area contributed by atoms with Crippen LogP contribution in [0.3, 0.4) is 0 Å². The summed E-state index contributed by atoms with van der Waals surface area (Å²) in [6.45, 7) is 0. The van der Waals surface area contributed by atoms with Gasteiger partial charge in [0.05, 0.1) is 0 Å². The molecule has 0 bridgehead atoms. The molecule has 0 N–H and O–H groups in total. The number of pyridine rings is 2. The fourth-order valence-corrected chi connectivity index (χ4v) is 2.25. The zero-order valence-corrected chi connectivity index (χ0v) is 11.2. The molecular formula is C18H16N2. The van der Waals surface area contributed by atoms with Crippen LogP contribution in [0.15, 0.2) is 73.3 Å². The largest absolute Gasteiger partial charge is 0.264 e. The molecule has 0 spiro atoms. The van der Waals surface area contributed by atoms with Crippen LogP contribution in [0.2, 0.25) is 0 Å². The summed E-state index contributed by atoms with van der Waals surface area (Å²) in [4.78, 5) is 8.29. The van der Waals surface area contributed by atoms with Crippen molar-refractivity contribution in [2.75, 3.05) is 0 Å². The molecule has 0 atom stereocenters. The van der Waals surface area contributed by atoms with Gasteiger partial charge >= 0.3 is 0 Å². The van der Waals surface area contributed by atoms with Crippen molar-refractivity contribution in [2.24, 2.45) is 0 Å². The molecule has 20 heavy (non-hydrogen) atoms. The Balaban J connectivity index is 1.69. The summed E-state index contributed by atoms with van der Waals surface area (Å²) in [7, 11) is 0. The van der Waals surface area contributed by atoms with E-state index < -0.39 is 0 Å². The molecule has 0 radical (unpaired) electrons. The minimum absolute atomic E-state index is 0.932. The molecule has 0 saturated heterocycles. The van der Waals surface area contributed by atoms with Gasteiger partial charge in [0.15, 0.2) is 0 Å². The minimum atomic E-state index is 0.932. The molecule has 0 unspecified atom stereocenters. The molecule has 98 valence electrons. The second-order valence-corrected chi connectivity index (χ2v) is 4.89. The van der Waals surface area contributed by atoms with Gasteiger partial charge in [-0.1, -0.05) is 36.4 Å². The highest BCUT2D eigenvalue weighted by atomic mass is 14.6. The standard InChI is InChI=1S/C18H16N2/c1-3-17(13-19-9-1)11-15-5-7-16(8-6-15)12-18-4-2-10-20-14-18/h1-10,13-14H,11-12H2. The van der Waals surface area contributed by atoms with Crippen LogP contribution in [-0.4, -0.2) is 9.97 Å². The second kappa shape index (κ2) is 6.11. The maximum absolute atomic E-state index is 4.15. The Bertz CT molecular complexity index is 586. The molecule has 0 saturated carbocycles. The van der Waals surface area contributed by atoms with Crippen molar-refractivity contribution in [3.05, 3.63) is 95.6 Å². The summed E-state index contributed by atoms with van der Waals surface area (Å²) in [5.74, 6) is 0. The van der Waals surface area contributed by atoms with Gasteiger partial charge in [0.2, 0.25) is 0 Å². The van der Waals surface area contributed by atoms with Crippen LogP contribution >= 0.6 is 0 Å². The Hall–Kier alpha value is -2.48. The van der Waals surface area contributed by atoms with Crippen molar-refractivity contribution in [2.45, 2.75) is 12.8 Å². The Morgan fingerprint density at radius 3 is 1.35 bits per heavy atom. The number of hydrogen-bond donors (Lipinski definition) is 0. The van der Waals surface area contributed by atoms with Crippen molar-refractivity contribution >= 4 is 0 Å². The maximum Gasteiger partial charge on any atom is 0.0303 e.